The number of aromatic nitrogens is 3. The highest BCUT2D eigenvalue weighted by molar-refractivity contribution is 6.32. The Balaban J connectivity index is 1.38. The summed E-state index contributed by atoms with van der Waals surface area (Å²) < 4.78 is 7.22. The highest BCUT2D eigenvalue weighted by Crippen LogP contribution is 2.26. The number of ether oxygens (including phenoxy) is 1. The van der Waals surface area contributed by atoms with Crippen LogP contribution in [0.15, 0.2) is 36.5 Å². The molecule has 1 saturated heterocycles. The van der Waals surface area contributed by atoms with E-state index in [1.807, 2.05) is 30.1 Å². The van der Waals surface area contributed by atoms with E-state index in [-0.39, 0.29) is 5.91 Å². The zero-order valence-electron chi connectivity index (χ0n) is 16.1. The minimum atomic E-state index is 0.135. The third kappa shape index (κ3) is 3.69. The molecule has 7 heteroatoms. The number of hydrogen-bond acceptors (Lipinski definition) is 4. The maximum atomic E-state index is 12.7. The molecule has 0 radical (unpaired) electrons. The van der Waals surface area contributed by atoms with Gasteiger partial charge in [-0.05, 0) is 42.2 Å². The van der Waals surface area contributed by atoms with E-state index < -0.39 is 0 Å². The predicted molar refractivity (Wildman–Crippen MR) is 109 cm³/mol. The van der Waals surface area contributed by atoms with Crippen molar-refractivity contribution in [2.45, 2.75) is 19.3 Å². The van der Waals surface area contributed by atoms with Crippen molar-refractivity contribution in [3.05, 3.63) is 52.9 Å². The number of halogens is 1. The molecule has 3 aromatic rings. The second-order valence-electron chi connectivity index (χ2n) is 7.28. The molecule has 1 amide bonds. The fourth-order valence-corrected chi connectivity index (χ4v) is 4.12. The van der Waals surface area contributed by atoms with Gasteiger partial charge in [0, 0.05) is 32.8 Å². The monoisotopic (exact) mass is 398 g/mol. The van der Waals surface area contributed by atoms with Gasteiger partial charge in [-0.15, -0.1) is 0 Å². The third-order valence-electron chi connectivity index (χ3n) is 5.40. The van der Waals surface area contributed by atoms with Crippen molar-refractivity contribution in [1.82, 2.24) is 19.4 Å². The van der Waals surface area contributed by atoms with Crippen molar-refractivity contribution < 1.29 is 9.53 Å². The summed E-state index contributed by atoms with van der Waals surface area (Å²) in [5.41, 5.74) is 2.72. The second-order valence-corrected chi connectivity index (χ2v) is 7.68. The maximum absolute atomic E-state index is 12.7. The summed E-state index contributed by atoms with van der Waals surface area (Å²) >= 11 is 6.17. The van der Waals surface area contributed by atoms with E-state index in [1.165, 1.54) is 0 Å². The Labute approximate surface area is 169 Å². The van der Waals surface area contributed by atoms with E-state index in [0.717, 1.165) is 48.5 Å². The number of aryl methyl sites for hydroxylation is 1. The number of amides is 1. The number of hydrogen-bond donors (Lipinski definition) is 0. The Bertz CT molecular complexity index is 1020. The molecule has 1 aromatic carbocycles. The largest absolute Gasteiger partial charge is 0.495 e. The van der Waals surface area contributed by atoms with Crippen LogP contribution in [0.25, 0.3) is 11.2 Å². The first-order valence-corrected chi connectivity index (χ1v) is 9.79. The maximum Gasteiger partial charge on any atom is 0.226 e. The van der Waals surface area contributed by atoms with Crippen molar-refractivity contribution in [3.63, 3.8) is 0 Å². The first kappa shape index (κ1) is 18.7. The Morgan fingerprint density at radius 1 is 1.36 bits per heavy atom. The van der Waals surface area contributed by atoms with Crippen LogP contribution in [0, 0.1) is 5.92 Å². The van der Waals surface area contributed by atoms with E-state index in [9.17, 15) is 4.79 Å². The molecule has 0 bridgehead atoms. The second kappa shape index (κ2) is 7.80. The minimum Gasteiger partial charge on any atom is -0.495 e. The highest BCUT2D eigenvalue weighted by Gasteiger charge is 2.27. The first-order valence-electron chi connectivity index (χ1n) is 9.41. The Hall–Kier alpha value is -2.60. The van der Waals surface area contributed by atoms with Crippen LogP contribution in [0.3, 0.4) is 0 Å². The fourth-order valence-electron chi connectivity index (χ4n) is 3.84. The van der Waals surface area contributed by atoms with Crippen molar-refractivity contribution in [2.75, 3.05) is 20.2 Å². The Morgan fingerprint density at radius 3 is 2.96 bits per heavy atom. The van der Waals surface area contributed by atoms with Crippen molar-refractivity contribution in [1.29, 1.82) is 0 Å². The molecule has 1 atom stereocenters. The number of fused-ring (bicyclic) bond motifs is 1. The number of pyridine rings is 1. The topological polar surface area (TPSA) is 60.2 Å². The van der Waals surface area contributed by atoms with Gasteiger partial charge in [0.1, 0.15) is 17.1 Å². The van der Waals surface area contributed by atoms with Crippen LogP contribution in [0.2, 0.25) is 5.02 Å². The van der Waals surface area contributed by atoms with E-state index in [0.29, 0.717) is 23.1 Å². The van der Waals surface area contributed by atoms with Gasteiger partial charge in [0.05, 0.1) is 18.6 Å². The number of carbonyl (C=O) groups excluding carboxylic acids is 1. The summed E-state index contributed by atoms with van der Waals surface area (Å²) in [5, 5.41) is 0.530. The van der Waals surface area contributed by atoms with Crippen molar-refractivity contribution >= 4 is 28.7 Å². The molecule has 1 aliphatic heterocycles. The molecule has 0 N–H and O–H groups in total. The highest BCUT2D eigenvalue weighted by atomic mass is 35.5. The SMILES string of the molecule is COc1ccc(CC(=O)N2CC[C@@H](Cc3nc4cccnc4n3C)C2)cc1Cl. The molecule has 0 unspecified atom stereocenters. The summed E-state index contributed by atoms with van der Waals surface area (Å²) in [6, 6.07) is 9.38. The summed E-state index contributed by atoms with van der Waals surface area (Å²) in [6.07, 6.45) is 3.98. The third-order valence-corrected chi connectivity index (χ3v) is 5.70. The molecule has 0 saturated carbocycles. The molecule has 6 nitrogen and oxygen atoms in total. The molecule has 2 aromatic heterocycles. The van der Waals surface area contributed by atoms with Crippen LogP contribution in [0.4, 0.5) is 0 Å². The van der Waals surface area contributed by atoms with Crippen molar-refractivity contribution in [2.24, 2.45) is 13.0 Å². The van der Waals surface area contributed by atoms with E-state index in [2.05, 4.69) is 9.55 Å². The van der Waals surface area contributed by atoms with Crippen LogP contribution in [-0.2, 0) is 24.7 Å². The minimum absolute atomic E-state index is 0.135. The lowest BCUT2D eigenvalue weighted by molar-refractivity contribution is -0.129. The van der Waals surface area contributed by atoms with Gasteiger partial charge in [-0.25, -0.2) is 9.97 Å². The van der Waals surface area contributed by atoms with Crippen LogP contribution in [0.5, 0.6) is 5.75 Å². The van der Waals surface area contributed by atoms with Crippen LogP contribution in [0.1, 0.15) is 17.8 Å². The van der Waals surface area contributed by atoms with Gasteiger partial charge in [-0.2, -0.15) is 0 Å². The molecule has 3 heterocycles. The molecule has 1 aliphatic rings. The predicted octanol–water partition coefficient (Wildman–Crippen LogP) is 3.26. The van der Waals surface area contributed by atoms with Crippen LogP contribution >= 0.6 is 11.6 Å². The average molecular weight is 399 g/mol. The van der Waals surface area contributed by atoms with Crippen molar-refractivity contribution in [3.8, 4) is 5.75 Å². The van der Waals surface area contributed by atoms with Gasteiger partial charge < -0.3 is 14.2 Å². The van der Waals surface area contributed by atoms with E-state index in [1.54, 1.807) is 25.4 Å². The molecular weight excluding hydrogens is 376 g/mol. The summed E-state index contributed by atoms with van der Waals surface area (Å²) in [5.74, 6) is 2.19. The van der Waals surface area contributed by atoms with Crippen LogP contribution < -0.4 is 4.74 Å². The van der Waals surface area contributed by atoms with Gasteiger partial charge in [-0.1, -0.05) is 17.7 Å². The quantitative estimate of drug-likeness (QED) is 0.661. The van der Waals surface area contributed by atoms with Gasteiger partial charge in [0.15, 0.2) is 5.65 Å². The molecular formula is C21H23ClN4O2. The zero-order chi connectivity index (χ0) is 19.7. The molecule has 0 aliphatic carbocycles. The first-order chi connectivity index (χ1) is 13.5. The van der Waals surface area contributed by atoms with E-state index >= 15 is 0 Å². The zero-order valence-corrected chi connectivity index (χ0v) is 16.8. The number of rotatable bonds is 5. The lowest BCUT2D eigenvalue weighted by atomic mass is 10.0. The molecule has 1 fully saturated rings. The number of nitrogens with zero attached hydrogens (tertiary/aromatic N) is 4. The lowest BCUT2D eigenvalue weighted by Crippen LogP contribution is -2.30. The number of likely N-dealkylation sites (tertiary alicyclic amines) is 1. The smallest absolute Gasteiger partial charge is 0.226 e. The molecule has 0 spiro atoms. The molecule has 146 valence electrons. The standard InChI is InChI=1S/C21H23ClN4O2/c1-25-19(24-17-4-3-8-23-21(17)25)11-15-7-9-26(13-15)20(27)12-14-5-6-18(28-2)16(22)10-14/h3-6,8,10,15H,7,9,11-13H2,1-2H3/t15-/m0/s1. The molecule has 4 rings (SSSR count). The number of imidazole rings is 1. The Kier molecular flexibility index (Phi) is 5.22. The van der Waals surface area contributed by atoms with Gasteiger partial charge in [0.25, 0.3) is 0 Å². The number of benzene rings is 1. The normalized spacial score (nSPS) is 16.7. The molecule has 28 heavy (non-hydrogen) atoms. The van der Waals surface area contributed by atoms with Gasteiger partial charge >= 0.3 is 0 Å². The van der Waals surface area contributed by atoms with Gasteiger partial charge in [0.2, 0.25) is 5.91 Å². The summed E-state index contributed by atoms with van der Waals surface area (Å²) in [7, 11) is 3.58. The van der Waals surface area contributed by atoms with E-state index in [4.69, 9.17) is 21.3 Å². The fraction of sp³-hybridized carbons (Fsp3) is 0.381. The van der Waals surface area contributed by atoms with Gasteiger partial charge in [-0.3, -0.25) is 4.79 Å². The average Bonchev–Trinajstić information content (AvgIpc) is 3.28. The Morgan fingerprint density at radius 2 is 2.21 bits per heavy atom. The lowest BCUT2D eigenvalue weighted by Gasteiger charge is -2.17. The number of carbonyl (C=O) groups is 1. The summed E-state index contributed by atoms with van der Waals surface area (Å²) in [4.78, 5) is 23.8. The van der Waals surface area contributed by atoms with Crippen LogP contribution in [-0.4, -0.2) is 45.5 Å². The summed E-state index contributed by atoms with van der Waals surface area (Å²) in [6.45, 7) is 1.55. The number of methoxy groups -OCH3 is 1.